The maximum Gasteiger partial charge on any atom is 0.143 e. The highest BCUT2D eigenvalue weighted by molar-refractivity contribution is 14.1. The predicted octanol–water partition coefficient (Wildman–Crippen LogP) is 4.72. The van der Waals surface area contributed by atoms with Gasteiger partial charge < -0.3 is 5.32 Å². The topological polar surface area (TPSA) is 37.8 Å². The van der Waals surface area contributed by atoms with Gasteiger partial charge in [0.1, 0.15) is 11.6 Å². The maximum atomic E-state index is 6.03. The first-order valence-electron chi connectivity index (χ1n) is 6.22. The van der Waals surface area contributed by atoms with Gasteiger partial charge >= 0.3 is 0 Å². The van der Waals surface area contributed by atoms with Gasteiger partial charge in [-0.05, 0) is 54.1 Å². The second kappa shape index (κ2) is 6.91. The van der Waals surface area contributed by atoms with Gasteiger partial charge in [-0.15, -0.1) is 0 Å². The number of nitrogens with zero attached hydrogens (tertiary/aromatic N) is 2. The van der Waals surface area contributed by atoms with E-state index in [0.29, 0.717) is 16.5 Å². The number of hydrogen-bond acceptors (Lipinski definition) is 3. The molecule has 3 nitrogen and oxygen atoms in total. The van der Waals surface area contributed by atoms with E-state index in [-0.39, 0.29) is 0 Å². The van der Waals surface area contributed by atoms with Crippen molar-refractivity contribution in [2.24, 2.45) is 0 Å². The van der Waals surface area contributed by atoms with Crippen molar-refractivity contribution in [1.82, 2.24) is 9.97 Å². The first-order valence-corrected chi connectivity index (χ1v) is 8.05. The Balaban J connectivity index is 2.31. The summed E-state index contributed by atoms with van der Waals surface area (Å²) < 4.78 is 1.06. The zero-order valence-electron chi connectivity index (χ0n) is 11.2. The van der Waals surface area contributed by atoms with Crippen LogP contribution in [0.3, 0.4) is 0 Å². The Morgan fingerprint density at radius 1 is 1.20 bits per heavy atom. The molecule has 2 rings (SSSR count). The number of rotatable bonds is 4. The molecule has 106 valence electrons. The minimum absolute atomic E-state index is 0.554. The number of nitrogens with one attached hydrogen (secondary N) is 1. The van der Waals surface area contributed by atoms with Crippen molar-refractivity contribution in [3.8, 4) is 0 Å². The fourth-order valence-electron chi connectivity index (χ4n) is 1.81. The largest absolute Gasteiger partial charge is 0.369 e. The van der Waals surface area contributed by atoms with Gasteiger partial charge in [-0.1, -0.05) is 29.3 Å². The molecule has 0 spiro atoms. The fraction of sp³-hybridized carbons (Fsp3) is 0.286. The van der Waals surface area contributed by atoms with Gasteiger partial charge in [0.15, 0.2) is 0 Å². The molecule has 0 fully saturated rings. The average Bonchev–Trinajstić information content (AvgIpc) is 2.40. The molecule has 0 aliphatic heterocycles. The molecule has 1 aromatic carbocycles. The van der Waals surface area contributed by atoms with E-state index in [0.717, 1.165) is 33.0 Å². The van der Waals surface area contributed by atoms with E-state index in [1.54, 1.807) is 6.07 Å². The third-order valence-electron chi connectivity index (χ3n) is 2.75. The van der Waals surface area contributed by atoms with Crippen molar-refractivity contribution in [3.05, 3.63) is 48.9 Å². The number of halogens is 3. The lowest BCUT2D eigenvalue weighted by molar-refractivity contribution is 0.929. The van der Waals surface area contributed by atoms with E-state index in [9.17, 15) is 0 Å². The number of anilines is 1. The molecular formula is C14H14Cl2IN3. The van der Waals surface area contributed by atoms with E-state index >= 15 is 0 Å². The number of aryl methyl sites for hydroxylation is 1. The Hall–Kier alpha value is -0.590. The Kier molecular flexibility index (Phi) is 5.46. The molecule has 1 N–H and O–H groups in total. The molecule has 0 aliphatic carbocycles. The van der Waals surface area contributed by atoms with E-state index in [2.05, 4.69) is 37.9 Å². The summed E-state index contributed by atoms with van der Waals surface area (Å²) in [6.45, 7) is 4.87. The molecule has 2 aromatic rings. The molecule has 0 atom stereocenters. The summed E-state index contributed by atoms with van der Waals surface area (Å²) in [7, 11) is 0. The Bertz CT molecular complexity index is 632. The summed E-state index contributed by atoms with van der Waals surface area (Å²) in [5.74, 6) is 1.66. The molecule has 6 heteroatoms. The van der Waals surface area contributed by atoms with Crippen molar-refractivity contribution in [1.29, 1.82) is 0 Å². The second-order valence-electron chi connectivity index (χ2n) is 4.34. The molecule has 0 amide bonds. The third-order valence-corrected chi connectivity index (χ3v) is 4.78. The van der Waals surface area contributed by atoms with Crippen LogP contribution in [0.25, 0.3) is 0 Å². The molecule has 0 unspecified atom stereocenters. The van der Waals surface area contributed by atoms with Crippen molar-refractivity contribution in [2.45, 2.75) is 20.3 Å². The second-order valence-corrected chi connectivity index (χ2v) is 6.24. The van der Waals surface area contributed by atoms with Crippen LogP contribution in [0.1, 0.15) is 24.0 Å². The molecule has 20 heavy (non-hydrogen) atoms. The van der Waals surface area contributed by atoms with E-state index < -0.39 is 0 Å². The fourth-order valence-corrected chi connectivity index (χ4v) is 2.57. The Morgan fingerprint density at radius 3 is 2.60 bits per heavy atom. The summed E-state index contributed by atoms with van der Waals surface area (Å²) in [6.07, 6.45) is 0.632. The predicted molar refractivity (Wildman–Crippen MR) is 92.9 cm³/mol. The Morgan fingerprint density at radius 2 is 1.95 bits per heavy atom. The van der Waals surface area contributed by atoms with Gasteiger partial charge in [-0.2, -0.15) is 0 Å². The monoisotopic (exact) mass is 421 g/mol. The SMILES string of the molecule is CCNc1nc(Cc2ccc(Cl)c(Cl)c2)nc(C)c1I. The first-order chi connectivity index (χ1) is 9.51. The van der Waals surface area contributed by atoms with Crippen LogP contribution in [0.15, 0.2) is 18.2 Å². The van der Waals surface area contributed by atoms with Crippen LogP contribution in [-0.4, -0.2) is 16.5 Å². The van der Waals surface area contributed by atoms with Crippen LogP contribution in [0.5, 0.6) is 0 Å². The van der Waals surface area contributed by atoms with Crippen LogP contribution in [0, 0.1) is 10.5 Å². The average molecular weight is 422 g/mol. The molecule has 0 saturated heterocycles. The lowest BCUT2D eigenvalue weighted by Crippen LogP contribution is -2.08. The van der Waals surface area contributed by atoms with Crippen LogP contribution in [0.4, 0.5) is 5.82 Å². The van der Waals surface area contributed by atoms with Crippen LogP contribution < -0.4 is 5.32 Å². The molecule has 0 aliphatic rings. The standard InChI is InChI=1S/C14H14Cl2IN3/c1-3-18-14-13(17)8(2)19-12(20-14)7-9-4-5-10(15)11(16)6-9/h4-6H,3,7H2,1-2H3,(H,18,19,20). The van der Waals surface area contributed by atoms with Crippen LogP contribution in [-0.2, 0) is 6.42 Å². The highest BCUT2D eigenvalue weighted by Gasteiger charge is 2.10. The first kappa shape index (κ1) is 15.8. The van der Waals surface area contributed by atoms with Gasteiger partial charge in [-0.3, -0.25) is 0 Å². The third kappa shape index (κ3) is 3.74. The van der Waals surface area contributed by atoms with E-state index in [4.69, 9.17) is 23.2 Å². The highest BCUT2D eigenvalue weighted by Crippen LogP contribution is 2.24. The summed E-state index contributed by atoms with van der Waals surface area (Å²) in [6, 6.07) is 5.59. The Labute approximate surface area is 142 Å². The summed E-state index contributed by atoms with van der Waals surface area (Å²) in [4.78, 5) is 9.09. The highest BCUT2D eigenvalue weighted by atomic mass is 127. The number of aromatic nitrogens is 2. The minimum Gasteiger partial charge on any atom is -0.369 e. The molecule has 0 radical (unpaired) electrons. The van der Waals surface area contributed by atoms with Crippen LogP contribution in [0.2, 0.25) is 10.0 Å². The molecule has 0 saturated carbocycles. The molecule has 0 bridgehead atoms. The lowest BCUT2D eigenvalue weighted by Gasteiger charge is -2.10. The zero-order valence-corrected chi connectivity index (χ0v) is 14.8. The summed E-state index contributed by atoms with van der Waals surface area (Å²) >= 11 is 14.2. The summed E-state index contributed by atoms with van der Waals surface area (Å²) in [5.41, 5.74) is 2.02. The smallest absolute Gasteiger partial charge is 0.143 e. The lowest BCUT2D eigenvalue weighted by atomic mass is 10.1. The zero-order chi connectivity index (χ0) is 14.7. The van der Waals surface area contributed by atoms with Gasteiger partial charge in [0.2, 0.25) is 0 Å². The van der Waals surface area contributed by atoms with Crippen molar-refractivity contribution >= 4 is 51.6 Å². The van der Waals surface area contributed by atoms with Crippen LogP contribution >= 0.6 is 45.8 Å². The molecular weight excluding hydrogens is 408 g/mol. The van der Waals surface area contributed by atoms with Gasteiger partial charge in [-0.25, -0.2) is 9.97 Å². The van der Waals surface area contributed by atoms with Gasteiger partial charge in [0.05, 0.1) is 19.3 Å². The van der Waals surface area contributed by atoms with Gasteiger partial charge in [0.25, 0.3) is 0 Å². The summed E-state index contributed by atoms with van der Waals surface area (Å²) in [5, 5.41) is 4.37. The normalized spacial score (nSPS) is 10.7. The number of benzene rings is 1. The molecule has 1 aromatic heterocycles. The molecule has 1 heterocycles. The maximum absolute atomic E-state index is 6.03. The van der Waals surface area contributed by atoms with E-state index in [1.165, 1.54) is 0 Å². The van der Waals surface area contributed by atoms with Crippen molar-refractivity contribution < 1.29 is 0 Å². The van der Waals surface area contributed by atoms with Gasteiger partial charge in [0, 0.05) is 13.0 Å². The minimum atomic E-state index is 0.554. The quantitative estimate of drug-likeness (QED) is 0.726. The van der Waals surface area contributed by atoms with Crippen molar-refractivity contribution in [2.75, 3.05) is 11.9 Å². The number of hydrogen-bond donors (Lipinski definition) is 1. The van der Waals surface area contributed by atoms with Crippen molar-refractivity contribution in [3.63, 3.8) is 0 Å². The van der Waals surface area contributed by atoms with E-state index in [1.807, 2.05) is 26.0 Å².